The fourth-order valence-corrected chi connectivity index (χ4v) is 4.63. The van der Waals surface area contributed by atoms with Crippen molar-refractivity contribution < 1.29 is 23.5 Å². The van der Waals surface area contributed by atoms with Crippen molar-refractivity contribution in [2.75, 3.05) is 26.4 Å². The summed E-state index contributed by atoms with van der Waals surface area (Å²) in [5, 5.41) is 8.00. The summed E-state index contributed by atoms with van der Waals surface area (Å²) in [5.74, 6) is -1.51. The average Bonchev–Trinajstić information content (AvgIpc) is 3.05. The van der Waals surface area contributed by atoms with Gasteiger partial charge < -0.3 is 14.8 Å². The maximum absolute atomic E-state index is 13.9. The van der Waals surface area contributed by atoms with Crippen LogP contribution in [0.3, 0.4) is 0 Å². The van der Waals surface area contributed by atoms with Gasteiger partial charge in [-0.1, -0.05) is 18.5 Å². The third kappa shape index (κ3) is 4.66. The van der Waals surface area contributed by atoms with Gasteiger partial charge in [-0.05, 0) is 49.3 Å². The molecular formula is C23H27ClFN3O4. The van der Waals surface area contributed by atoms with Gasteiger partial charge in [-0.25, -0.2) is 9.18 Å². The molecule has 32 heavy (non-hydrogen) atoms. The summed E-state index contributed by atoms with van der Waals surface area (Å²) in [6.45, 7) is 4.62. The molecule has 2 aliphatic heterocycles. The van der Waals surface area contributed by atoms with E-state index >= 15 is 0 Å². The van der Waals surface area contributed by atoms with Crippen LogP contribution in [0.4, 0.5) is 4.39 Å². The number of amides is 1. The van der Waals surface area contributed by atoms with Gasteiger partial charge in [0.15, 0.2) is 0 Å². The lowest BCUT2D eigenvalue weighted by Gasteiger charge is -2.36. The van der Waals surface area contributed by atoms with Crippen molar-refractivity contribution in [1.82, 2.24) is 15.1 Å². The molecule has 1 N–H and O–H groups in total. The van der Waals surface area contributed by atoms with E-state index in [1.807, 2.05) is 11.6 Å². The highest BCUT2D eigenvalue weighted by Gasteiger charge is 2.39. The molecule has 0 aliphatic carbocycles. The maximum Gasteiger partial charge on any atom is 0.341 e. The van der Waals surface area contributed by atoms with Crippen LogP contribution in [0, 0.1) is 11.2 Å². The fraction of sp³-hybridized carbons (Fsp3) is 0.522. The van der Waals surface area contributed by atoms with Crippen molar-refractivity contribution in [1.29, 1.82) is 0 Å². The number of nitrogens with one attached hydrogen (secondary N) is 1. The molecule has 0 unspecified atom stereocenters. The van der Waals surface area contributed by atoms with E-state index in [4.69, 9.17) is 21.1 Å². The number of ether oxygens (including phenoxy) is 2. The predicted octanol–water partition coefficient (Wildman–Crippen LogP) is 3.57. The molecule has 0 radical (unpaired) electrons. The van der Waals surface area contributed by atoms with Crippen LogP contribution in [-0.2, 0) is 28.9 Å². The molecule has 7 nitrogen and oxygen atoms in total. The van der Waals surface area contributed by atoms with Crippen LogP contribution < -0.4 is 5.32 Å². The molecule has 172 valence electrons. The molecule has 4 rings (SSSR count). The van der Waals surface area contributed by atoms with Crippen LogP contribution in [0.25, 0.3) is 0 Å². The summed E-state index contributed by atoms with van der Waals surface area (Å²) < 4.78 is 26.6. The van der Waals surface area contributed by atoms with Crippen molar-refractivity contribution >= 4 is 23.5 Å². The van der Waals surface area contributed by atoms with E-state index in [1.165, 1.54) is 12.1 Å². The Morgan fingerprint density at radius 2 is 2.16 bits per heavy atom. The summed E-state index contributed by atoms with van der Waals surface area (Å²) >= 11 is 5.73. The first-order valence-electron chi connectivity index (χ1n) is 11.0. The average molecular weight is 464 g/mol. The topological polar surface area (TPSA) is 82.5 Å². The summed E-state index contributed by atoms with van der Waals surface area (Å²) in [4.78, 5) is 25.0. The van der Waals surface area contributed by atoms with Gasteiger partial charge in [-0.2, -0.15) is 5.10 Å². The zero-order valence-electron chi connectivity index (χ0n) is 18.1. The first-order valence-corrected chi connectivity index (χ1v) is 11.4. The van der Waals surface area contributed by atoms with E-state index in [0.29, 0.717) is 44.7 Å². The Kier molecular flexibility index (Phi) is 6.81. The predicted molar refractivity (Wildman–Crippen MR) is 116 cm³/mol. The minimum Gasteiger partial charge on any atom is -0.462 e. The van der Waals surface area contributed by atoms with Gasteiger partial charge in [-0.15, -0.1) is 0 Å². The molecule has 0 bridgehead atoms. The number of esters is 1. The Labute approximate surface area is 191 Å². The highest BCUT2D eigenvalue weighted by molar-refractivity contribution is 6.30. The second-order valence-corrected chi connectivity index (χ2v) is 8.87. The quantitative estimate of drug-likeness (QED) is 0.523. The smallest absolute Gasteiger partial charge is 0.341 e. The molecule has 1 aromatic carbocycles. The normalized spacial score (nSPS) is 17.5. The molecule has 0 atom stereocenters. The van der Waals surface area contributed by atoms with E-state index in [2.05, 4.69) is 10.4 Å². The first kappa shape index (κ1) is 22.7. The second-order valence-electron chi connectivity index (χ2n) is 8.43. The molecule has 9 heteroatoms. The number of nitrogens with zero attached hydrogens (tertiary/aromatic N) is 2. The molecule has 1 amide bonds. The molecule has 1 saturated heterocycles. The maximum atomic E-state index is 13.9. The Hall–Kier alpha value is -2.45. The molecule has 3 heterocycles. The third-order valence-corrected chi connectivity index (χ3v) is 6.55. The highest BCUT2D eigenvalue weighted by Crippen LogP contribution is 2.37. The van der Waals surface area contributed by atoms with E-state index in [1.54, 1.807) is 0 Å². The standard InChI is InChI=1S/C23H27ClFN3O4/c1-2-18-20-19(13-23(14-26-21(20)29)6-10-31-11-7-23)28(27-18)8-3-9-32-22(30)16-5-4-15(24)12-17(16)25/h4-5,12H,2-3,6-11,13-14H2,1H3,(H,26,29). The number of carbonyl (C=O) groups is 2. The largest absolute Gasteiger partial charge is 0.462 e. The van der Waals surface area contributed by atoms with Gasteiger partial charge >= 0.3 is 5.97 Å². The van der Waals surface area contributed by atoms with Crippen molar-refractivity contribution in [3.05, 3.63) is 51.6 Å². The lowest BCUT2D eigenvalue weighted by Crippen LogP contribution is -2.40. The highest BCUT2D eigenvalue weighted by atomic mass is 35.5. The van der Waals surface area contributed by atoms with Gasteiger partial charge in [0.05, 0.1) is 29.1 Å². The van der Waals surface area contributed by atoms with Crippen LogP contribution in [0.5, 0.6) is 0 Å². The zero-order chi connectivity index (χ0) is 22.7. The molecule has 1 spiro atoms. The monoisotopic (exact) mass is 463 g/mol. The Balaban J connectivity index is 1.45. The van der Waals surface area contributed by atoms with E-state index in [9.17, 15) is 14.0 Å². The van der Waals surface area contributed by atoms with Crippen LogP contribution in [-0.4, -0.2) is 48.0 Å². The third-order valence-electron chi connectivity index (χ3n) is 6.31. The van der Waals surface area contributed by atoms with Gasteiger partial charge in [-0.3, -0.25) is 9.48 Å². The number of fused-ring (bicyclic) bond motifs is 1. The lowest BCUT2D eigenvalue weighted by atomic mass is 9.76. The van der Waals surface area contributed by atoms with Crippen molar-refractivity contribution in [2.24, 2.45) is 5.41 Å². The summed E-state index contributed by atoms with van der Waals surface area (Å²) in [6, 6.07) is 3.84. The SMILES string of the molecule is CCc1nn(CCCOC(=O)c2ccc(Cl)cc2F)c2c1C(=O)NCC1(CCOCC1)C2. The first-order chi connectivity index (χ1) is 15.4. The minimum absolute atomic E-state index is 0.0273. The Bertz CT molecular complexity index is 1020. The van der Waals surface area contributed by atoms with Gasteiger partial charge in [0, 0.05) is 37.7 Å². The number of benzene rings is 1. The number of carbonyl (C=O) groups excluding carboxylic acids is 2. The van der Waals surface area contributed by atoms with Crippen LogP contribution >= 0.6 is 11.6 Å². The van der Waals surface area contributed by atoms with E-state index < -0.39 is 11.8 Å². The molecule has 1 fully saturated rings. The Morgan fingerprint density at radius 1 is 1.38 bits per heavy atom. The number of halogens is 2. The van der Waals surface area contributed by atoms with E-state index in [0.717, 1.165) is 36.7 Å². The zero-order valence-corrected chi connectivity index (χ0v) is 18.8. The van der Waals surface area contributed by atoms with Crippen molar-refractivity contribution in [3.8, 4) is 0 Å². The number of hydrogen-bond donors (Lipinski definition) is 1. The number of aryl methyl sites for hydroxylation is 2. The fourth-order valence-electron chi connectivity index (χ4n) is 4.47. The van der Waals surface area contributed by atoms with Crippen LogP contribution in [0.1, 0.15) is 58.3 Å². The molecular weight excluding hydrogens is 437 g/mol. The summed E-state index contributed by atoms with van der Waals surface area (Å²) in [5.41, 5.74) is 2.22. The molecule has 0 saturated carbocycles. The Morgan fingerprint density at radius 3 is 2.88 bits per heavy atom. The molecule has 1 aromatic heterocycles. The minimum atomic E-state index is -0.728. The van der Waals surface area contributed by atoms with Crippen LogP contribution in [0.2, 0.25) is 5.02 Å². The lowest BCUT2D eigenvalue weighted by molar-refractivity contribution is 0.0152. The molecule has 2 aliphatic rings. The second kappa shape index (κ2) is 9.58. The van der Waals surface area contributed by atoms with Crippen molar-refractivity contribution in [3.63, 3.8) is 0 Å². The number of aromatic nitrogens is 2. The van der Waals surface area contributed by atoms with Gasteiger partial charge in [0.2, 0.25) is 0 Å². The van der Waals surface area contributed by atoms with Crippen molar-refractivity contribution in [2.45, 2.75) is 45.6 Å². The van der Waals surface area contributed by atoms with Crippen LogP contribution in [0.15, 0.2) is 18.2 Å². The number of hydrogen-bond acceptors (Lipinski definition) is 5. The van der Waals surface area contributed by atoms with Gasteiger partial charge in [0.1, 0.15) is 5.82 Å². The van der Waals surface area contributed by atoms with E-state index in [-0.39, 0.29) is 28.5 Å². The summed E-state index contributed by atoms with van der Waals surface area (Å²) in [6.07, 6.45) is 3.69. The van der Waals surface area contributed by atoms with Gasteiger partial charge in [0.25, 0.3) is 5.91 Å². The summed E-state index contributed by atoms with van der Waals surface area (Å²) in [7, 11) is 0. The molecule has 2 aromatic rings. The number of rotatable bonds is 6.